The van der Waals surface area contributed by atoms with Crippen LogP contribution in [-0.4, -0.2) is 24.5 Å². The summed E-state index contributed by atoms with van der Waals surface area (Å²) in [5.74, 6) is 1.82. The third kappa shape index (κ3) is 6.45. The van der Waals surface area contributed by atoms with Crippen LogP contribution >= 0.6 is 0 Å². The van der Waals surface area contributed by atoms with Crippen molar-refractivity contribution in [2.24, 2.45) is 0 Å². The standard InChI is InChI=1S/C52H37N5/c1-34-11-9-17-39(29-34)42-19-22-44-45-23-20-43(40-18-10-12-35(2)30-40)33-49(45)57(48(44)32-42)47-24-21-41(36-25-27-53-28-26-36)31-46(47)52-55-50(37-13-5-3-6-14-37)54-51(56-52)38-15-7-4-8-16-38/h3-33H,1-2H3. The minimum Gasteiger partial charge on any atom is -0.308 e. The van der Waals surface area contributed by atoms with Crippen LogP contribution in [0.1, 0.15) is 11.1 Å². The fourth-order valence-corrected chi connectivity index (χ4v) is 7.85. The normalized spacial score (nSPS) is 11.3. The van der Waals surface area contributed by atoms with E-state index in [1.807, 2.05) is 60.9 Å². The molecule has 5 heteroatoms. The first kappa shape index (κ1) is 34.0. The Kier molecular flexibility index (Phi) is 8.53. The number of rotatable bonds is 7. The lowest BCUT2D eigenvalue weighted by Gasteiger charge is -2.17. The number of nitrogens with zero attached hydrogens (tertiary/aromatic N) is 5. The second kappa shape index (κ2) is 14.3. The lowest BCUT2D eigenvalue weighted by Crippen LogP contribution is -2.04. The van der Waals surface area contributed by atoms with Crippen molar-refractivity contribution >= 4 is 21.8 Å². The van der Waals surface area contributed by atoms with Crippen molar-refractivity contribution in [3.8, 4) is 73.2 Å². The van der Waals surface area contributed by atoms with Gasteiger partial charge in [-0.1, -0.05) is 151 Å². The number of pyridine rings is 1. The van der Waals surface area contributed by atoms with Crippen LogP contribution in [0.2, 0.25) is 0 Å². The highest BCUT2D eigenvalue weighted by atomic mass is 15.1. The Bertz CT molecular complexity index is 2920. The molecule has 0 aliphatic heterocycles. The van der Waals surface area contributed by atoms with Crippen molar-refractivity contribution in [3.63, 3.8) is 0 Å². The van der Waals surface area contributed by atoms with Gasteiger partial charge in [0.2, 0.25) is 0 Å². The maximum Gasteiger partial charge on any atom is 0.166 e. The van der Waals surface area contributed by atoms with Crippen molar-refractivity contribution in [1.29, 1.82) is 0 Å². The average Bonchev–Trinajstić information content (AvgIpc) is 3.59. The number of aromatic nitrogens is 5. The molecule has 10 aromatic rings. The highest BCUT2D eigenvalue weighted by molar-refractivity contribution is 6.11. The lowest BCUT2D eigenvalue weighted by molar-refractivity contribution is 1.06. The van der Waals surface area contributed by atoms with Gasteiger partial charge in [-0.25, -0.2) is 15.0 Å². The molecule has 3 aromatic heterocycles. The third-order valence-corrected chi connectivity index (χ3v) is 10.7. The Morgan fingerprint density at radius 2 is 0.807 bits per heavy atom. The molecule has 0 N–H and O–H groups in total. The molecule has 0 spiro atoms. The molecule has 0 aliphatic carbocycles. The van der Waals surface area contributed by atoms with Gasteiger partial charge in [0, 0.05) is 39.9 Å². The van der Waals surface area contributed by atoms with E-state index in [-0.39, 0.29) is 0 Å². The van der Waals surface area contributed by atoms with E-state index in [1.165, 1.54) is 33.0 Å². The summed E-state index contributed by atoms with van der Waals surface area (Å²) in [6.07, 6.45) is 3.67. The smallest absolute Gasteiger partial charge is 0.166 e. The fraction of sp³-hybridized carbons (Fsp3) is 0.0385. The Labute approximate surface area is 331 Å². The molecule has 0 atom stereocenters. The Morgan fingerprint density at radius 3 is 1.33 bits per heavy atom. The molecule has 5 nitrogen and oxygen atoms in total. The first-order valence-electron chi connectivity index (χ1n) is 19.2. The highest BCUT2D eigenvalue weighted by Crippen LogP contribution is 2.41. The van der Waals surface area contributed by atoms with Crippen molar-refractivity contribution in [3.05, 3.63) is 199 Å². The van der Waals surface area contributed by atoms with Gasteiger partial charge in [0.25, 0.3) is 0 Å². The van der Waals surface area contributed by atoms with E-state index in [2.05, 4.69) is 151 Å². The summed E-state index contributed by atoms with van der Waals surface area (Å²) in [6, 6.07) is 62.1. The van der Waals surface area contributed by atoms with Gasteiger partial charge in [-0.05, 0) is 83.6 Å². The van der Waals surface area contributed by atoms with Crippen molar-refractivity contribution in [1.82, 2.24) is 24.5 Å². The number of aryl methyl sites for hydroxylation is 2. The number of benzene rings is 7. The second-order valence-electron chi connectivity index (χ2n) is 14.5. The quantitative estimate of drug-likeness (QED) is 0.164. The van der Waals surface area contributed by atoms with E-state index in [0.717, 1.165) is 55.7 Å². The number of hydrogen-bond acceptors (Lipinski definition) is 4. The zero-order chi connectivity index (χ0) is 38.3. The maximum absolute atomic E-state index is 5.27. The average molecular weight is 732 g/mol. The first-order valence-corrected chi connectivity index (χ1v) is 19.2. The van der Waals surface area contributed by atoms with E-state index in [0.29, 0.717) is 17.5 Å². The highest BCUT2D eigenvalue weighted by Gasteiger charge is 2.21. The lowest BCUT2D eigenvalue weighted by atomic mass is 10.0. The molecular formula is C52H37N5. The third-order valence-electron chi connectivity index (χ3n) is 10.7. The van der Waals surface area contributed by atoms with E-state index < -0.39 is 0 Å². The zero-order valence-electron chi connectivity index (χ0n) is 31.6. The molecule has 0 radical (unpaired) electrons. The van der Waals surface area contributed by atoms with Gasteiger partial charge < -0.3 is 4.57 Å². The first-order chi connectivity index (χ1) is 28.1. The van der Waals surface area contributed by atoms with Crippen LogP contribution in [0.4, 0.5) is 0 Å². The fourth-order valence-electron chi connectivity index (χ4n) is 7.85. The summed E-state index contributed by atoms with van der Waals surface area (Å²) >= 11 is 0. The summed E-state index contributed by atoms with van der Waals surface area (Å²) < 4.78 is 2.41. The second-order valence-corrected chi connectivity index (χ2v) is 14.5. The monoisotopic (exact) mass is 731 g/mol. The molecule has 0 unspecified atom stereocenters. The molecule has 0 amide bonds. The summed E-state index contributed by atoms with van der Waals surface area (Å²) in [7, 11) is 0. The summed E-state index contributed by atoms with van der Waals surface area (Å²) in [5.41, 5.74) is 15.1. The molecule has 3 heterocycles. The predicted octanol–water partition coefficient (Wildman–Crippen LogP) is 13.0. The van der Waals surface area contributed by atoms with Crippen LogP contribution in [0.25, 0.3) is 95.0 Å². The molecule has 10 rings (SSSR count). The van der Waals surface area contributed by atoms with E-state index in [9.17, 15) is 0 Å². The van der Waals surface area contributed by atoms with Crippen LogP contribution in [0, 0.1) is 13.8 Å². The molecule has 0 bridgehead atoms. The summed E-state index contributed by atoms with van der Waals surface area (Å²) in [5, 5.41) is 2.35. The molecule has 57 heavy (non-hydrogen) atoms. The molecule has 0 saturated carbocycles. The molecule has 0 aliphatic rings. The summed E-state index contributed by atoms with van der Waals surface area (Å²) in [6.45, 7) is 4.29. The van der Waals surface area contributed by atoms with Gasteiger partial charge in [0.15, 0.2) is 17.5 Å². The van der Waals surface area contributed by atoms with Crippen LogP contribution < -0.4 is 0 Å². The maximum atomic E-state index is 5.27. The van der Waals surface area contributed by atoms with Crippen molar-refractivity contribution < 1.29 is 0 Å². The van der Waals surface area contributed by atoms with Gasteiger partial charge in [0.1, 0.15) is 0 Å². The van der Waals surface area contributed by atoms with E-state index >= 15 is 0 Å². The Hall–Kier alpha value is -7.50. The van der Waals surface area contributed by atoms with Gasteiger partial charge in [-0.3, -0.25) is 4.98 Å². The Morgan fingerprint density at radius 1 is 0.351 bits per heavy atom. The van der Waals surface area contributed by atoms with Crippen LogP contribution in [0.15, 0.2) is 188 Å². The minimum absolute atomic E-state index is 0.591. The molecule has 0 saturated heterocycles. The van der Waals surface area contributed by atoms with Crippen LogP contribution in [-0.2, 0) is 0 Å². The molecule has 7 aromatic carbocycles. The minimum atomic E-state index is 0.591. The zero-order valence-corrected chi connectivity index (χ0v) is 31.6. The van der Waals surface area contributed by atoms with E-state index in [4.69, 9.17) is 15.0 Å². The van der Waals surface area contributed by atoms with Crippen LogP contribution in [0.5, 0.6) is 0 Å². The van der Waals surface area contributed by atoms with Gasteiger partial charge in [0.05, 0.1) is 16.7 Å². The topological polar surface area (TPSA) is 56.5 Å². The largest absolute Gasteiger partial charge is 0.308 e. The Balaban J connectivity index is 1.30. The molecule has 270 valence electrons. The van der Waals surface area contributed by atoms with Crippen molar-refractivity contribution in [2.75, 3.05) is 0 Å². The van der Waals surface area contributed by atoms with Crippen molar-refractivity contribution in [2.45, 2.75) is 13.8 Å². The predicted molar refractivity (Wildman–Crippen MR) is 234 cm³/mol. The van der Waals surface area contributed by atoms with Crippen LogP contribution in [0.3, 0.4) is 0 Å². The SMILES string of the molecule is Cc1cccc(-c2ccc3c4ccc(-c5cccc(C)c5)cc4n(-c4ccc(-c5ccncc5)cc4-c4nc(-c5ccccc5)nc(-c5ccccc5)n4)c3c2)c1. The number of hydrogen-bond donors (Lipinski definition) is 0. The van der Waals surface area contributed by atoms with Gasteiger partial charge in [-0.2, -0.15) is 0 Å². The van der Waals surface area contributed by atoms with Gasteiger partial charge >= 0.3 is 0 Å². The molecule has 0 fully saturated rings. The van der Waals surface area contributed by atoms with E-state index in [1.54, 1.807) is 0 Å². The summed E-state index contributed by atoms with van der Waals surface area (Å²) in [4.78, 5) is 19.9. The van der Waals surface area contributed by atoms with Gasteiger partial charge in [-0.15, -0.1) is 0 Å². The number of fused-ring (bicyclic) bond motifs is 3. The molecular weight excluding hydrogens is 695 g/mol.